The van der Waals surface area contributed by atoms with Crippen LogP contribution in [0.1, 0.15) is 17.8 Å². The average Bonchev–Trinajstić information content (AvgIpc) is 3.42. The third-order valence-electron chi connectivity index (χ3n) is 4.74. The van der Waals surface area contributed by atoms with Gasteiger partial charge in [0.2, 0.25) is 5.91 Å². The predicted octanol–water partition coefficient (Wildman–Crippen LogP) is 2.76. The number of carbonyl (C=O) groups is 2. The lowest BCUT2D eigenvalue weighted by atomic mass is 10.1. The van der Waals surface area contributed by atoms with E-state index < -0.39 is 6.03 Å². The molecule has 1 saturated heterocycles. The summed E-state index contributed by atoms with van der Waals surface area (Å²) in [6.07, 6.45) is 5.81. The van der Waals surface area contributed by atoms with Crippen LogP contribution >= 0.6 is 0 Å². The number of pyridine rings is 2. The van der Waals surface area contributed by atoms with Crippen molar-refractivity contribution in [2.45, 2.75) is 20.3 Å². The third-order valence-corrected chi connectivity index (χ3v) is 4.74. The Balaban J connectivity index is 1.39. The molecule has 0 radical (unpaired) electrons. The first-order valence-corrected chi connectivity index (χ1v) is 9.80. The van der Waals surface area contributed by atoms with Crippen molar-refractivity contribution in [1.82, 2.24) is 24.8 Å². The van der Waals surface area contributed by atoms with Crippen LogP contribution in [0.4, 0.5) is 10.6 Å². The number of carbonyl (C=O) groups excluding carboxylic acids is 2. The van der Waals surface area contributed by atoms with Crippen molar-refractivity contribution in [3.8, 4) is 17.3 Å². The van der Waals surface area contributed by atoms with Crippen molar-refractivity contribution in [3.63, 3.8) is 0 Å². The highest BCUT2D eigenvalue weighted by Gasteiger charge is 2.25. The van der Waals surface area contributed by atoms with E-state index in [0.29, 0.717) is 48.5 Å². The van der Waals surface area contributed by atoms with Gasteiger partial charge in [0, 0.05) is 25.1 Å². The minimum Gasteiger partial charge on any atom is -0.455 e. The molecule has 0 spiro atoms. The number of rotatable bonds is 5. The lowest BCUT2D eigenvalue weighted by Crippen LogP contribution is -2.38. The van der Waals surface area contributed by atoms with Crippen LogP contribution in [0, 0.1) is 19.8 Å². The van der Waals surface area contributed by atoms with Crippen molar-refractivity contribution in [1.29, 1.82) is 0 Å². The molecule has 1 unspecified atom stereocenters. The van der Waals surface area contributed by atoms with Gasteiger partial charge in [0.25, 0.3) is 0 Å². The fraction of sp³-hybridized carbons (Fsp3) is 0.286. The van der Waals surface area contributed by atoms with Crippen LogP contribution in [0.2, 0.25) is 0 Å². The maximum absolute atomic E-state index is 12.1. The summed E-state index contributed by atoms with van der Waals surface area (Å²) in [4.78, 5) is 36.9. The largest absolute Gasteiger partial charge is 0.455 e. The van der Waals surface area contributed by atoms with Crippen LogP contribution in [0.25, 0.3) is 5.82 Å². The van der Waals surface area contributed by atoms with Crippen LogP contribution in [-0.2, 0) is 9.53 Å². The first-order valence-electron chi connectivity index (χ1n) is 9.80. The van der Waals surface area contributed by atoms with Gasteiger partial charge in [-0.3, -0.25) is 20.0 Å². The molecule has 1 aliphatic heterocycles. The molecule has 0 bridgehead atoms. The van der Waals surface area contributed by atoms with Crippen molar-refractivity contribution >= 4 is 17.8 Å². The number of imidazole rings is 1. The third kappa shape index (κ3) is 5.04. The number of hydrogen-bond acceptors (Lipinski definition) is 7. The number of urea groups is 1. The van der Waals surface area contributed by atoms with Gasteiger partial charge in [-0.1, -0.05) is 0 Å². The van der Waals surface area contributed by atoms with E-state index in [1.54, 1.807) is 48.3 Å². The van der Waals surface area contributed by atoms with Gasteiger partial charge in [-0.05, 0) is 38.5 Å². The van der Waals surface area contributed by atoms with Gasteiger partial charge in [0.15, 0.2) is 0 Å². The van der Waals surface area contributed by atoms with E-state index >= 15 is 0 Å². The minimum absolute atomic E-state index is 0.298. The maximum atomic E-state index is 12.1. The quantitative estimate of drug-likeness (QED) is 0.649. The van der Waals surface area contributed by atoms with Gasteiger partial charge in [-0.25, -0.2) is 19.7 Å². The Morgan fingerprint density at radius 2 is 2.10 bits per heavy atom. The monoisotopic (exact) mass is 422 g/mol. The minimum atomic E-state index is -0.633. The molecule has 0 saturated carbocycles. The number of ether oxygens (including phenoxy) is 2. The van der Waals surface area contributed by atoms with E-state index in [-0.39, 0.29) is 11.8 Å². The summed E-state index contributed by atoms with van der Waals surface area (Å²) in [5, 5.41) is 4.88. The molecule has 1 fully saturated rings. The van der Waals surface area contributed by atoms with Crippen molar-refractivity contribution in [3.05, 3.63) is 54.4 Å². The summed E-state index contributed by atoms with van der Waals surface area (Å²) < 4.78 is 12.9. The Hall–Kier alpha value is -3.79. The second-order valence-corrected chi connectivity index (χ2v) is 7.16. The van der Waals surface area contributed by atoms with E-state index in [1.807, 2.05) is 13.1 Å². The van der Waals surface area contributed by atoms with Crippen LogP contribution in [0.3, 0.4) is 0 Å². The Bertz CT molecular complexity index is 1110. The normalized spacial score (nSPS) is 15.5. The molecule has 3 aromatic rings. The molecule has 0 aromatic carbocycles. The Morgan fingerprint density at radius 1 is 1.23 bits per heavy atom. The van der Waals surface area contributed by atoms with Gasteiger partial charge in [-0.15, -0.1) is 0 Å². The molecule has 31 heavy (non-hydrogen) atoms. The van der Waals surface area contributed by atoms with Crippen molar-refractivity contribution < 1.29 is 19.1 Å². The zero-order valence-electron chi connectivity index (χ0n) is 17.2. The number of amides is 3. The molecule has 3 aromatic heterocycles. The first kappa shape index (κ1) is 20.5. The molecule has 0 aliphatic carbocycles. The summed E-state index contributed by atoms with van der Waals surface area (Å²) in [5.41, 5.74) is 1.46. The van der Waals surface area contributed by atoms with E-state index in [2.05, 4.69) is 25.6 Å². The van der Waals surface area contributed by atoms with Crippen LogP contribution in [0.5, 0.6) is 11.5 Å². The van der Waals surface area contributed by atoms with E-state index in [9.17, 15) is 9.59 Å². The molecule has 2 N–H and O–H groups in total. The van der Waals surface area contributed by atoms with Gasteiger partial charge in [0.05, 0.1) is 23.9 Å². The fourth-order valence-electron chi connectivity index (χ4n) is 3.11. The lowest BCUT2D eigenvalue weighted by Gasteiger charge is -2.12. The standard InChI is InChI=1S/C21H22N6O4/c1-13-10-27(12-23-13)19-9-16(5-7-22-19)31-17-3-4-18(24-14(17)2)25-21(29)26-20(28)15-6-8-30-11-15/h3-5,7,9-10,12,15H,6,8,11H2,1-2H3,(H2,24,25,26,28,29). The number of nitrogens with one attached hydrogen (secondary N) is 2. The molecule has 1 atom stereocenters. The number of anilines is 1. The molecule has 160 valence electrons. The first-order chi connectivity index (χ1) is 15.0. The molecule has 4 rings (SSSR count). The Morgan fingerprint density at radius 3 is 2.81 bits per heavy atom. The highest BCUT2D eigenvalue weighted by molar-refractivity contribution is 6.01. The topological polar surface area (TPSA) is 120 Å². The lowest BCUT2D eigenvalue weighted by molar-refractivity contribution is -0.123. The average molecular weight is 422 g/mol. The number of aryl methyl sites for hydroxylation is 2. The second kappa shape index (κ2) is 8.92. The predicted molar refractivity (Wildman–Crippen MR) is 111 cm³/mol. The molecule has 10 heteroatoms. The molecule has 1 aliphatic rings. The highest BCUT2D eigenvalue weighted by Crippen LogP contribution is 2.26. The van der Waals surface area contributed by atoms with Gasteiger partial charge < -0.3 is 9.47 Å². The number of imide groups is 1. The zero-order chi connectivity index (χ0) is 21.8. The van der Waals surface area contributed by atoms with Crippen LogP contribution in [-0.4, -0.2) is 44.7 Å². The molecule has 4 heterocycles. The summed E-state index contributed by atoms with van der Waals surface area (Å²) >= 11 is 0. The highest BCUT2D eigenvalue weighted by atomic mass is 16.5. The molecule has 3 amide bonds. The van der Waals surface area contributed by atoms with Gasteiger partial charge in [0.1, 0.15) is 29.5 Å². The number of nitrogens with zero attached hydrogens (tertiary/aromatic N) is 4. The van der Waals surface area contributed by atoms with Crippen molar-refractivity contribution in [2.24, 2.45) is 5.92 Å². The summed E-state index contributed by atoms with van der Waals surface area (Å²) in [6.45, 7) is 4.53. The SMILES string of the molecule is Cc1cn(-c2cc(Oc3ccc(NC(=O)NC(=O)C4CCOC4)nc3C)ccn2)cn1. The van der Waals surface area contributed by atoms with E-state index in [1.165, 1.54) is 0 Å². The van der Waals surface area contributed by atoms with E-state index in [0.717, 1.165) is 5.69 Å². The zero-order valence-corrected chi connectivity index (χ0v) is 17.2. The molecular weight excluding hydrogens is 400 g/mol. The molecule has 10 nitrogen and oxygen atoms in total. The fourth-order valence-corrected chi connectivity index (χ4v) is 3.11. The number of hydrogen-bond donors (Lipinski definition) is 2. The second-order valence-electron chi connectivity index (χ2n) is 7.16. The van der Waals surface area contributed by atoms with E-state index in [4.69, 9.17) is 9.47 Å². The summed E-state index contributed by atoms with van der Waals surface area (Å²) in [7, 11) is 0. The Kier molecular flexibility index (Phi) is 5.89. The summed E-state index contributed by atoms with van der Waals surface area (Å²) in [5.74, 6) is 1.45. The summed E-state index contributed by atoms with van der Waals surface area (Å²) in [6, 6.07) is 6.20. The van der Waals surface area contributed by atoms with Crippen LogP contribution in [0.15, 0.2) is 43.0 Å². The molecular formula is C21H22N6O4. The maximum Gasteiger partial charge on any atom is 0.327 e. The number of aromatic nitrogens is 4. The van der Waals surface area contributed by atoms with Crippen LogP contribution < -0.4 is 15.4 Å². The Labute approximate surface area is 178 Å². The smallest absolute Gasteiger partial charge is 0.327 e. The van der Waals surface area contributed by atoms with Crippen molar-refractivity contribution in [2.75, 3.05) is 18.5 Å². The van der Waals surface area contributed by atoms with Gasteiger partial charge >= 0.3 is 6.03 Å². The van der Waals surface area contributed by atoms with Gasteiger partial charge in [-0.2, -0.15) is 0 Å².